The molecule has 0 bridgehead atoms. The van der Waals surface area contributed by atoms with Crippen molar-refractivity contribution in [3.05, 3.63) is 24.3 Å². The second kappa shape index (κ2) is 4.98. The van der Waals surface area contributed by atoms with Crippen LogP contribution in [0, 0.1) is 5.92 Å². The molecule has 1 aromatic rings. The Morgan fingerprint density at radius 2 is 2.28 bits per heavy atom. The highest BCUT2D eigenvalue weighted by Gasteiger charge is 2.23. The van der Waals surface area contributed by atoms with E-state index in [0.717, 1.165) is 44.1 Å². The van der Waals surface area contributed by atoms with E-state index in [2.05, 4.69) is 16.3 Å². The van der Waals surface area contributed by atoms with Gasteiger partial charge in [0.2, 0.25) is 5.91 Å². The molecule has 96 valence electrons. The van der Waals surface area contributed by atoms with E-state index in [1.165, 1.54) is 0 Å². The fourth-order valence-corrected chi connectivity index (χ4v) is 2.65. The van der Waals surface area contributed by atoms with Crippen molar-refractivity contribution in [1.29, 1.82) is 0 Å². The largest absolute Gasteiger partial charge is 0.381 e. The average Bonchev–Trinajstić information content (AvgIpc) is 2.82. The van der Waals surface area contributed by atoms with E-state index in [-0.39, 0.29) is 5.91 Å². The number of fused-ring (bicyclic) bond motifs is 1. The summed E-state index contributed by atoms with van der Waals surface area (Å²) in [7, 11) is 0. The van der Waals surface area contributed by atoms with Gasteiger partial charge in [-0.2, -0.15) is 0 Å². The fraction of sp³-hybridized carbons (Fsp3) is 0.500. The first-order chi connectivity index (χ1) is 8.83. The molecule has 18 heavy (non-hydrogen) atoms. The van der Waals surface area contributed by atoms with Gasteiger partial charge in [-0.3, -0.25) is 4.79 Å². The third-order valence-corrected chi connectivity index (χ3v) is 3.63. The summed E-state index contributed by atoms with van der Waals surface area (Å²) in [4.78, 5) is 14.0. The summed E-state index contributed by atoms with van der Waals surface area (Å²) in [5.74, 6) is 0.693. The van der Waals surface area contributed by atoms with Crippen molar-refractivity contribution in [2.24, 2.45) is 5.92 Å². The number of rotatable bonds is 2. The smallest absolute Gasteiger partial charge is 0.226 e. The molecule has 1 saturated heterocycles. The first-order valence-electron chi connectivity index (χ1n) is 6.54. The van der Waals surface area contributed by atoms with Crippen LogP contribution in [-0.4, -0.2) is 32.2 Å². The van der Waals surface area contributed by atoms with E-state index in [1.54, 1.807) is 0 Å². The molecule has 2 aliphatic rings. The molecule has 1 unspecified atom stereocenters. The molecule has 4 nitrogen and oxygen atoms in total. The average molecular weight is 246 g/mol. The van der Waals surface area contributed by atoms with E-state index in [4.69, 9.17) is 4.74 Å². The molecule has 1 amide bonds. The number of nitrogens with one attached hydrogen (secondary N) is 1. The first-order valence-corrected chi connectivity index (χ1v) is 6.54. The number of hydrogen-bond acceptors (Lipinski definition) is 3. The van der Waals surface area contributed by atoms with Crippen LogP contribution >= 0.6 is 0 Å². The number of amides is 1. The van der Waals surface area contributed by atoms with Crippen LogP contribution in [0.4, 0.5) is 11.4 Å². The Balaban J connectivity index is 1.82. The van der Waals surface area contributed by atoms with E-state index in [9.17, 15) is 4.79 Å². The quantitative estimate of drug-likeness (QED) is 0.866. The zero-order valence-electron chi connectivity index (χ0n) is 10.4. The molecule has 4 heteroatoms. The molecule has 0 radical (unpaired) electrons. The molecule has 0 aromatic heterocycles. The van der Waals surface area contributed by atoms with Crippen LogP contribution in [0.25, 0.3) is 0 Å². The molecule has 0 saturated carbocycles. The van der Waals surface area contributed by atoms with Gasteiger partial charge in [-0.25, -0.2) is 0 Å². The molecular weight excluding hydrogens is 228 g/mol. The van der Waals surface area contributed by atoms with Crippen molar-refractivity contribution in [1.82, 2.24) is 0 Å². The summed E-state index contributed by atoms with van der Waals surface area (Å²) < 4.78 is 5.43. The SMILES string of the molecule is O=C1CCN(CC2CCOC2)c2ccccc2N1. The van der Waals surface area contributed by atoms with Crippen molar-refractivity contribution >= 4 is 17.3 Å². The number of anilines is 2. The molecule has 1 fully saturated rings. The third kappa shape index (κ3) is 2.34. The second-order valence-electron chi connectivity index (χ2n) is 4.99. The van der Waals surface area contributed by atoms with E-state index < -0.39 is 0 Å². The molecular formula is C14H18N2O2. The minimum atomic E-state index is 0.104. The Kier molecular flexibility index (Phi) is 3.19. The summed E-state index contributed by atoms with van der Waals surface area (Å²) in [5.41, 5.74) is 2.06. The van der Waals surface area contributed by atoms with Crippen LogP contribution in [0.1, 0.15) is 12.8 Å². The number of carbonyl (C=O) groups is 1. The molecule has 3 rings (SSSR count). The van der Waals surface area contributed by atoms with Gasteiger partial charge in [0.25, 0.3) is 0 Å². The van der Waals surface area contributed by atoms with Gasteiger partial charge in [0.1, 0.15) is 0 Å². The van der Waals surface area contributed by atoms with Crippen LogP contribution < -0.4 is 10.2 Å². The lowest BCUT2D eigenvalue weighted by atomic mass is 10.1. The first kappa shape index (κ1) is 11.5. The number of hydrogen-bond donors (Lipinski definition) is 1. The van der Waals surface area contributed by atoms with Gasteiger partial charge in [0.05, 0.1) is 18.0 Å². The molecule has 1 N–H and O–H groups in total. The zero-order valence-corrected chi connectivity index (χ0v) is 10.4. The number of carbonyl (C=O) groups excluding carboxylic acids is 1. The molecule has 1 aromatic carbocycles. The van der Waals surface area contributed by atoms with Gasteiger partial charge in [0.15, 0.2) is 0 Å². The molecule has 2 aliphatic heterocycles. The van der Waals surface area contributed by atoms with Crippen molar-refractivity contribution in [2.75, 3.05) is 36.5 Å². The minimum Gasteiger partial charge on any atom is -0.381 e. The van der Waals surface area contributed by atoms with Crippen LogP contribution in [0.15, 0.2) is 24.3 Å². The Labute approximate surface area is 107 Å². The van der Waals surface area contributed by atoms with Crippen molar-refractivity contribution in [3.8, 4) is 0 Å². The monoisotopic (exact) mass is 246 g/mol. The van der Waals surface area contributed by atoms with E-state index >= 15 is 0 Å². The molecule has 1 atom stereocenters. The summed E-state index contributed by atoms with van der Waals surface area (Å²) in [6.07, 6.45) is 1.68. The number of para-hydroxylation sites is 2. The minimum absolute atomic E-state index is 0.104. The lowest BCUT2D eigenvalue weighted by molar-refractivity contribution is -0.115. The Hall–Kier alpha value is -1.55. The van der Waals surface area contributed by atoms with Crippen LogP contribution in [-0.2, 0) is 9.53 Å². The van der Waals surface area contributed by atoms with Crippen LogP contribution in [0.2, 0.25) is 0 Å². The van der Waals surface area contributed by atoms with Gasteiger partial charge < -0.3 is 15.0 Å². The predicted octanol–water partition coefficient (Wildman–Crippen LogP) is 1.87. The third-order valence-electron chi connectivity index (χ3n) is 3.63. The van der Waals surface area contributed by atoms with Gasteiger partial charge in [0, 0.05) is 32.0 Å². The Morgan fingerprint density at radius 3 is 3.11 bits per heavy atom. The molecule has 2 heterocycles. The number of nitrogens with zero attached hydrogens (tertiary/aromatic N) is 1. The highest BCUT2D eigenvalue weighted by Crippen LogP contribution is 2.29. The zero-order chi connectivity index (χ0) is 12.4. The topological polar surface area (TPSA) is 41.6 Å². The van der Waals surface area contributed by atoms with E-state index in [0.29, 0.717) is 12.3 Å². The summed E-state index contributed by atoms with van der Waals surface area (Å²) in [6.45, 7) is 3.49. The van der Waals surface area contributed by atoms with Gasteiger partial charge in [-0.05, 0) is 18.6 Å². The maximum Gasteiger partial charge on any atom is 0.226 e. The summed E-state index contributed by atoms with van der Waals surface area (Å²) >= 11 is 0. The maximum atomic E-state index is 11.7. The van der Waals surface area contributed by atoms with Crippen molar-refractivity contribution in [2.45, 2.75) is 12.8 Å². The lowest BCUT2D eigenvalue weighted by Crippen LogP contribution is -2.30. The summed E-state index contributed by atoms with van der Waals surface area (Å²) in [6, 6.07) is 8.03. The summed E-state index contributed by atoms with van der Waals surface area (Å²) in [5, 5.41) is 2.97. The number of benzene rings is 1. The van der Waals surface area contributed by atoms with Crippen molar-refractivity contribution in [3.63, 3.8) is 0 Å². The highest BCUT2D eigenvalue weighted by molar-refractivity contribution is 5.96. The van der Waals surface area contributed by atoms with Crippen LogP contribution in [0.5, 0.6) is 0 Å². The van der Waals surface area contributed by atoms with Gasteiger partial charge in [-0.1, -0.05) is 12.1 Å². The van der Waals surface area contributed by atoms with Crippen LogP contribution in [0.3, 0.4) is 0 Å². The van der Waals surface area contributed by atoms with Gasteiger partial charge >= 0.3 is 0 Å². The predicted molar refractivity (Wildman–Crippen MR) is 70.8 cm³/mol. The number of ether oxygens (including phenoxy) is 1. The second-order valence-corrected chi connectivity index (χ2v) is 4.99. The lowest BCUT2D eigenvalue weighted by Gasteiger charge is -2.26. The standard InChI is InChI=1S/C14H18N2O2/c17-14-5-7-16(9-11-6-8-18-10-11)13-4-2-1-3-12(13)15-14/h1-4,11H,5-10H2,(H,15,17). The van der Waals surface area contributed by atoms with Crippen molar-refractivity contribution < 1.29 is 9.53 Å². The fourth-order valence-electron chi connectivity index (χ4n) is 2.65. The maximum absolute atomic E-state index is 11.7. The Bertz CT molecular complexity index is 441. The normalized spacial score (nSPS) is 23.4. The Morgan fingerprint density at radius 1 is 1.39 bits per heavy atom. The van der Waals surface area contributed by atoms with Gasteiger partial charge in [-0.15, -0.1) is 0 Å². The molecule has 0 spiro atoms. The molecule has 0 aliphatic carbocycles. The van der Waals surface area contributed by atoms with E-state index in [1.807, 2.05) is 18.2 Å². The highest BCUT2D eigenvalue weighted by atomic mass is 16.5.